The van der Waals surface area contributed by atoms with Gasteiger partial charge in [0.2, 0.25) is 11.1 Å². The summed E-state index contributed by atoms with van der Waals surface area (Å²) in [7, 11) is 1.64. The van der Waals surface area contributed by atoms with Gasteiger partial charge in [0, 0.05) is 11.4 Å². The lowest BCUT2D eigenvalue weighted by Gasteiger charge is -2.30. The molecule has 1 N–H and O–H groups in total. The Morgan fingerprint density at radius 3 is 2.65 bits per heavy atom. The highest BCUT2D eigenvalue weighted by Crippen LogP contribution is 2.43. The highest BCUT2D eigenvalue weighted by atomic mass is 79.9. The van der Waals surface area contributed by atoms with Crippen molar-refractivity contribution in [2.75, 3.05) is 19.0 Å². The van der Waals surface area contributed by atoms with Gasteiger partial charge in [-0.2, -0.15) is 4.98 Å². The number of nitrogens with zero attached hydrogens (tertiary/aromatic N) is 3. The minimum Gasteiger partial charge on any atom is -0.493 e. The van der Waals surface area contributed by atoms with Gasteiger partial charge in [0.05, 0.1) is 23.8 Å². The number of methoxy groups -OCH3 is 1. The maximum Gasteiger partial charge on any atom is 0.338 e. The van der Waals surface area contributed by atoms with Crippen LogP contribution in [0.25, 0.3) is 0 Å². The number of benzene rings is 2. The summed E-state index contributed by atoms with van der Waals surface area (Å²) in [5.41, 5.74) is 3.24. The predicted molar refractivity (Wildman–Crippen MR) is 174 cm³/mol. The fourth-order valence-corrected chi connectivity index (χ4v) is 6.98. The number of carbonyl (C=O) groups is 1. The summed E-state index contributed by atoms with van der Waals surface area (Å²) >= 11 is 5.29. The van der Waals surface area contributed by atoms with Crippen LogP contribution in [0.5, 0.6) is 11.5 Å². The molecular weight excluding hydrogens is 628 g/mol. The molecule has 0 radical (unpaired) electrons. The van der Waals surface area contributed by atoms with Gasteiger partial charge in [-0.1, -0.05) is 74.7 Å². The minimum atomic E-state index is -0.560. The third-order valence-corrected chi connectivity index (χ3v) is 9.40. The number of ether oxygens (including phenoxy) is 3. The van der Waals surface area contributed by atoms with E-state index < -0.39 is 6.04 Å². The third-order valence-electron chi connectivity index (χ3n) is 7.90. The van der Waals surface area contributed by atoms with Crippen LogP contribution in [0.1, 0.15) is 88.8 Å². The van der Waals surface area contributed by atoms with Crippen LogP contribution in [-0.2, 0) is 15.3 Å². The zero-order chi connectivity index (χ0) is 30.2. The number of hydrogen-bond acceptors (Lipinski definition) is 8. The van der Waals surface area contributed by atoms with Crippen molar-refractivity contribution < 1.29 is 19.0 Å². The first-order valence-corrected chi connectivity index (χ1v) is 17.1. The Morgan fingerprint density at radius 2 is 1.91 bits per heavy atom. The monoisotopic (exact) mass is 668 g/mol. The summed E-state index contributed by atoms with van der Waals surface area (Å²) in [5, 5.41) is 8.86. The maximum atomic E-state index is 13.9. The van der Waals surface area contributed by atoms with Gasteiger partial charge in [-0.25, -0.2) is 9.48 Å². The van der Waals surface area contributed by atoms with Crippen molar-refractivity contribution in [3.05, 3.63) is 69.3 Å². The molecule has 0 bridgehead atoms. The van der Waals surface area contributed by atoms with E-state index in [0.29, 0.717) is 40.5 Å². The molecule has 1 saturated carbocycles. The number of nitrogens with one attached hydrogen (secondary N) is 1. The van der Waals surface area contributed by atoms with E-state index in [1.165, 1.54) is 24.8 Å². The Balaban J connectivity index is 1.48. The molecule has 2 aromatic carbocycles. The number of allylic oxidation sites excluding steroid dienone is 1. The van der Waals surface area contributed by atoms with Crippen molar-refractivity contribution in [2.45, 2.75) is 94.7 Å². The quantitative estimate of drug-likeness (QED) is 0.110. The van der Waals surface area contributed by atoms with Crippen LogP contribution in [0, 0.1) is 0 Å². The molecule has 1 aliphatic heterocycles. The topological polar surface area (TPSA) is 87.5 Å². The fourth-order valence-electron chi connectivity index (χ4n) is 5.63. The number of hydrogen-bond donors (Lipinski definition) is 1. The van der Waals surface area contributed by atoms with Gasteiger partial charge in [-0.15, -0.1) is 5.10 Å². The number of anilines is 1. The molecule has 8 nitrogen and oxygen atoms in total. The van der Waals surface area contributed by atoms with E-state index in [1.807, 2.05) is 37.3 Å². The average molecular weight is 670 g/mol. The van der Waals surface area contributed by atoms with Crippen LogP contribution in [0.3, 0.4) is 0 Å². The number of rotatable bonds is 13. The van der Waals surface area contributed by atoms with Crippen molar-refractivity contribution in [1.82, 2.24) is 14.8 Å². The molecule has 1 unspecified atom stereocenters. The summed E-state index contributed by atoms with van der Waals surface area (Å²) in [6.45, 7) is 4.70. The Bertz CT molecular complexity index is 1420. The first-order valence-electron chi connectivity index (χ1n) is 15.3. The Kier molecular flexibility index (Phi) is 11.1. The van der Waals surface area contributed by atoms with Crippen molar-refractivity contribution in [1.29, 1.82) is 0 Å². The first-order chi connectivity index (χ1) is 21.0. The van der Waals surface area contributed by atoms with Crippen LogP contribution < -0.4 is 14.8 Å². The molecule has 10 heteroatoms. The Hall–Kier alpha value is -2.98. The van der Waals surface area contributed by atoms with Crippen molar-refractivity contribution in [3.8, 4) is 11.5 Å². The average Bonchev–Trinajstić information content (AvgIpc) is 3.43. The summed E-state index contributed by atoms with van der Waals surface area (Å²) < 4.78 is 20.6. The molecule has 3 aromatic rings. The zero-order valence-corrected chi connectivity index (χ0v) is 27.6. The number of fused-ring (bicyclic) bond motifs is 1. The normalized spacial score (nSPS) is 16.9. The molecule has 43 heavy (non-hydrogen) atoms. The van der Waals surface area contributed by atoms with E-state index >= 15 is 0 Å². The molecule has 5 rings (SSSR count). The van der Waals surface area contributed by atoms with Crippen molar-refractivity contribution in [2.24, 2.45) is 0 Å². The smallest absolute Gasteiger partial charge is 0.338 e. The Morgan fingerprint density at radius 1 is 1.12 bits per heavy atom. The van der Waals surface area contributed by atoms with E-state index in [9.17, 15) is 4.79 Å². The van der Waals surface area contributed by atoms with E-state index in [2.05, 4.69) is 40.3 Å². The number of aromatic nitrogens is 3. The molecule has 2 aliphatic rings. The first kappa shape index (κ1) is 31.4. The molecule has 0 spiro atoms. The van der Waals surface area contributed by atoms with Crippen LogP contribution in [-0.4, -0.2) is 40.6 Å². The van der Waals surface area contributed by atoms with Crippen LogP contribution in [0.4, 0.5) is 5.95 Å². The summed E-state index contributed by atoms with van der Waals surface area (Å²) in [5.74, 6) is 2.24. The van der Waals surface area contributed by atoms with Gasteiger partial charge in [0.15, 0.2) is 11.5 Å². The Labute approximate surface area is 267 Å². The third kappa shape index (κ3) is 7.76. The largest absolute Gasteiger partial charge is 0.493 e. The predicted octanol–water partition coefficient (Wildman–Crippen LogP) is 8.47. The van der Waals surface area contributed by atoms with E-state index in [1.54, 1.807) is 23.6 Å². The van der Waals surface area contributed by atoms with Gasteiger partial charge in [0.25, 0.3) is 0 Å². The summed E-state index contributed by atoms with van der Waals surface area (Å²) in [4.78, 5) is 18.7. The summed E-state index contributed by atoms with van der Waals surface area (Å²) in [6.07, 6.45) is 9.54. The molecule has 1 fully saturated rings. The second-order valence-corrected chi connectivity index (χ2v) is 12.9. The standard InChI is InChI=1S/C33H41BrN4O4S/c1-4-5-6-13-18-41-30-26(34)19-24(20-27(30)40-3)29-28(31(39)42-25-16-11-8-12-17-25)22(2)35-32-36-33(37-38(29)32)43-21-23-14-9-7-10-15-23/h7,9-10,14-15,19-20,25,29H,4-6,8,11-13,16-18,21H2,1-3H3,(H,35,36,37). The SMILES string of the molecule is CCCCCCOc1c(Br)cc(C2C(C(=O)OC3CCCCC3)=C(C)Nc3nc(SCc4ccccc4)nn32)cc1OC. The maximum absolute atomic E-state index is 13.9. The molecule has 1 aromatic heterocycles. The van der Waals surface area contributed by atoms with Gasteiger partial charge < -0.3 is 19.5 Å². The number of halogens is 1. The molecule has 0 amide bonds. The van der Waals surface area contributed by atoms with Gasteiger partial charge in [-0.3, -0.25) is 0 Å². The lowest BCUT2D eigenvalue weighted by atomic mass is 9.94. The number of thioether (sulfide) groups is 1. The molecule has 1 aliphatic carbocycles. The summed E-state index contributed by atoms with van der Waals surface area (Å²) in [6, 6.07) is 13.6. The number of carbonyl (C=O) groups excluding carboxylic acids is 1. The van der Waals surface area contributed by atoms with Gasteiger partial charge in [0.1, 0.15) is 12.1 Å². The second-order valence-electron chi connectivity index (χ2n) is 11.1. The fraction of sp³-hybridized carbons (Fsp3) is 0.485. The minimum absolute atomic E-state index is 0.0684. The van der Waals surface area contributed by atoms with Crippen molar-refractivity contribution >= 4 is 39.6 Å². The van der Waals surface area contributed by atoms with Crippen LogP contribution in [0.15, 0.2) is 63.4 Å². The van der Waals surface area contributed by atoms with Gasteiger partial charge >= 0.3 is 5.97 Å². The highest BCUT2D eigenvalue weighted by molar-refractivity contribution is 9.10. The lowest BCUT2D eigenvalue weighted by Crippen LogP contribution is -2.32. The molecule has 1 atom stereocenters. The highest BCUT2D eigenvalue weighted by Gasteiger charge is 2.37. The molecular formula is C33H41BrN4O4S. The lowest BCUT2D eigenvalue weighted by molar-refractivity contribution is -0.146. The number of unbranched alkanes of at least 4 members (excludes halogenated alkanes) is 3. The van der Waals surface area contributed by atoms with Gasteiger partial charge in [-0.05, 0) is 78.2 Å². The molecule has 0 saturated heterocycles. The van der Waals surface area contributed by atoms with E-state index in [4.69, 9.17) is 24.3 Å². The van der Waals surface area contributed by atoms with Crippen LogP contribution >= 0.6 is 27.7 Å². The van der Waals surface area contributed by atoms with E-state index in [-0.39, 0.29) is 12.1 Å². The second kappa shape index (κ2) is 15.1. The molecule has 230 valence electrons. The zero-order valence-electron chi connectivity index (χ0n) is 25.2. The van der Waals surface area contributed by atoms with E-state index in [0.717, 1.165) is 54.3 Å². The van der Waals surface area contributed by atoms with Crippen LogP contribution in [0.2, 0.25) is 0 Å². The molecule has 2 heterocycles. The van der Waals surface area contributed by atoms with Crippen molar-refractivity contribution in [3.63, 3.8) is 0 Å². The number of esters is 1.